The van der Waals surface area contributed by atoms with Gasteiger partial charge in [-0.15, -0.1) is 4.83 Å². The maximum absolute atomic E-state index is 12.3. The van der Waals surface area contributed by atoms with Crippen molar-refractivity contribution in [2.45, 2.75) is 11.8 Å². The predicted molar refractivity (Wildman–Crippen MR) is 71.1 cm³/mol. The molecule has 106 valence electrons. The molecule has 0 atom stereocenters. The Morgan fingerprint density at radius 3 is 2.84 bits per heavy atom. The molecule has 0 aromatic carbocycles. The fourth-order valence-electron chi connectivity index (χ4n) is 1.78. The van der Waals surface area contributed by atoms with Crippen LogP contribution in [-0.2, 0) is 14.8 Å². The molecule has 2 rings (SSSR count). The molecule has 1 aromatic heterocycles. The Morgan fingerprint density at radius 1 is 1.42 bits per heavy atom. The molecule has 2 heterocycles. The Hall–Kier alpha value is -1.22. The van der Waals surface area contributed by atoms with Crippen molar-refractivity contribution in [2.75, 3.05) is 38.2 Å². The molecule has 1 fully saturated rings. The van der Waals surface area contributed by atoms with Gasteiger partial charge in [-0.05, 0) is 19.1 Å². The molecule has 0 aliphatic carbocycles. The number of morpholine rings is 1. The summed E-state index contributed by atoms with van der Waals surface area (Å²) in [5.41, 5.74) is 0. The van der Waals surface area contributed by atoms with Crippen molar-refractivity contribution in [1.82, 2.24) is 14.8 Å². The van der Waals surface area contributed by atoms with E-state index < -0.39 is 10.0 Å². The van der Waals surface area contributed by atoms with Crippen molar-refractivity contribution in [3.8, 4) is 0 Å². The molecule has 8 heteroatoms. The summed E-state index contributed by atoms with van der Waals surface area (Å²) in [6.45, 7) is 4.62. The van der Waals surface area contributed by atoms with E-state index in [0.717, 1.165) is 0 Å². The lowest BCUT2D eigenvalue weighted by molar-refractivity contribution is 0.0272. The number of nitrogens with zero attached hydrogens (tertiary/aromatic N) is 2. The number of hydrogen-bond acceptors (Lipinski definition) is 6. The lowest BCUT2D eigenvalue weighted by Gasteiger charge is -2.27. The predicted octanol–water partition coefficient (Wildman–Crippen LogP) is 0.0389. The first-order valence-corrected chi connectivity index (χ1v) is 7.66. The van der Waals surface area contributed by atoms with Crippen LogP contribution in [0.2, 0.25) is 0 Å². The minimum Gasteiger partial charge on any atom is -0.379 e. The normalized spacial score (nSPS) is 17.3. The number of rotatable bonds is 5. The van der Waals surface area contributed by atoms with Crippen molar-refractivity contribution in [2.24, 2.45) is 0 Å². The largest absolute Gasteiger partial charge is 0.379 e. The van der Waals surface area contributed by atoms with E-state index in [9.17, 15) is 8.42 Å². The average molecular weight is 286 g/mol. The van der Waals surface area contributed by atoms with Gasteiger partial charge in [0, 0.05) is 25.8 Å². The van der Waals surface area contributed by atoms with E-state index in [1.807, 2.05) is 6.92 Å². The van der Waals surface area contributed by atoms with Gasteiger partial charge in [0.15, 0.2) is 0 Å². The summed E-state index contributed by atoms with van der Waals surface area (Å²) >= 11 is 0. The summed E-state index contributed by atoms with van der Waals surface area (Å²) in [6, 6.07) is 3.14. The van der Waals surface area contributed by atoms with Gasteiger partial charge in [-0.3, -0.25) is 0 Å². The van der Waals surface area contributed by atoms with E-state index >= 15 is 0 Å². The lowest BCUT2D eigenvalue weighted by Crippen LogP contribution is -2.48. The highest BCUT2D eigenvalue weighted by molar-refractivity contribution is 7.89. The van der Waals surface area contributed by atoms with Crippen LogP contribution in [0.25, 0.3) is 0 Å². The summed E-state index contributed by atoms with van der Waals surface area (Å²) < 4.78 is 29.8. The molecule has 2 N–H and O–H groups in total. The second-order valence-electron chi connectivity index (χ2n) is 4.07. The summed E-state index contributed by atoms with van der Waals surface area (Å²) in [6.07, 6.45) is 1.56. The Bertz CT molecular complexity index is 514. The van der Waals surface area contributed by atoms with E-state index in [1.54, 1.807) is 17.3 Å². The summed E-state index contributed by atoms with van der Waals surface area (Å²) in [5.74, 6) is 0.366. The maximum atomic E-state index is 12.3. The third-order valence-corrected chi connectivity index (χ3v) is 4.07. The SMILES string of the molecule is CCNc1ncccc1S(=O)(=O)NN1CCOCC1. The molecule has 0 radical (unpaired) electrons. The topological polar surface area (TPSA) is 83.6 Å². The van der Waals surface area contributed by atoms with E-state index in [4.69, 9.17) is 4.74 Å². The number of hydrazine groups is 1. The van der Waals surface area contributed by atoms with Gasteiger partial charge in [0.2, 0.25) is 0 Å². The molecular weight excluding hydrogens is 268 g/mol. The third kappa shape index (κ3) is 3.63. The van der Waals surface area contributed by atoms with Crippen LogP contribution in [-0.4, -0.2) is 51.3 Å². The molecule has 7 nitrogen and oxygen atoms in total. The van der Waals surface area contributed by atoms with Gasteiger partial charge < -0.3 is 10.1 Å². The fraction of sp³-hybridized carbons (Fsp3) is 0.545. The van der Waals surface area contributed by atoms with Gasteiger partial charge in [0.1, 0.15) is 10.7 Å². The molecule has 1 aromatic rings. The zero-order valence-electron chi connectivity index (χ0n) is 10.8. The number of anilines is 1. The number of aromatic nitrogens is 1. The lowest BCUT2D eigenvalue weighted by atomic mass is 10.4. The second-order valence-corrected chi connectivity index (χ2v) is 5.70. The van der Waals surface area contributed by atoms with Crippen molar-refractivity contribution in [3.63, 3.8) is 0 Å². The van der Waals surface area contributed by atoms with Crippen molar-refractivity contribution in [1.29, 1.82) is 0 Å². The van der Waals surface area contributed by atoms with E-state index in [-0.39, 0.29) is 4.90 Å². The zero-order chi connectivity index (χ0) is 13.7. The molecule has 1 aliphatic heterocycles. The standard InChI is InChI=1S/C11H18N4O3S/c1-2-12-11-10(4-3-5-13-11)19(16,17)14-15-6-8-18-9-7-15/h3-5,14H,2,6-9H2,1H3,(H,12,13). The number of nitrogens with one attached hydrogen (secondary N) is 2. The van der Waals surface area contributed by atoms with Crippen LogP contribution < -0.4 is 10.1 Å². The highest BCUT2D eigenvalue weighted by atomic mass is 32.2. The molecule has 0 bridgehead atoms. The minimum atomic E-state index is -3.62. The fourth-order valence-corrected chi connectivity index (χ4v) is 3.04. The Labute approximate surface area is 113 Å². The van der Waals surface area contributed by atoms with Crippen LogP contribution in [0.5, 0.6) is 0 Å². The minimum absolute atomic E-state index is 0.156. The first-order valence-electron chi connectivity index (χ1n) is 6.17. The van der Waals surface area contributed by atoms with E-state index in [1.165, 1.54) is 6.07 Å². The third-order valence-electron chi connectivity index (χ3n) is 2.66. The van der Waals surface area contributed by atoms with Gasteiger partial charge in [-0.2, -0.15) is 0 Å². The number of sulfonamides is 1. The van der Waals surface area contributed by atoms with Crippen molar-refractivity contribution < 1.29 is 13.2 Å². The van der Waals surface area contributed by atoms with Crippen LogP contribution in [0, 0.1) is 0 Å². The molecule has 0 unspecified atom stereocenters. The van der Waals surface area contributed by atoms with Crippen LogP contribution in [0.4, 0.5) is 5.82 Å². The average Bonchev–Trinajstić information content (AvgIpc) is 2.40. The van der Waals surface area contributed by atoms with Gasteiger partial charge in [0.25, 0.3) is 10.0 Å². The van der Waals surface area contributed by atoms with Gasteiger partial charge in [-0.1, -0.05) is 0 Å². The first-order chi connectivity index (χ1) is 9.13. The summed E-state index contributed by atoms with van der Waals surface area (Å²) in [7, 11) is -3.62. The molecule has 0 saturated carbocycles. The van der Waals surface area contributed by atoms with Crippen LogP contribution >= 0.6 is 0 Å². The quantitative estimate of drug-likeness (QED) is 0.795. The van der Waals surface area contributed by atoms with Gasteiger partial charge >= 0.3 is 0 Å². The van der Waals surface area contributed by atoms with E-state index in [2.05, 4.69) is 15.1 Å². The molecule has 0 spiro atoms. The van der Waals surface area contributed by atoms with Crippen molar-refractivity contribution >= 4 is 15.8 Å². The smallest absolute Gasteiger partial charge is 0.257 e. The molecular formula is C11H18N4O3S. The number of pyridine rings is 1. The Kier molecular flexibility index (Phi) is 4.70. The highest BCUT2D eigenvalue weighted by Crippen LogP contribution is 2.17. The van der Waals surface area contributed by atoms with Crippen molar-refractivity contribution in [3.05, 3.63) is 18.3 Å². The first kappa shape index (κ1) is 14.2. The molecule has 1 aliphatic rings. The van der Waals surface area contributed by atoms with E-state index in [0.29, 0.717) is 38.7 Å². The van der Waals surface area contributed by atoms with Crippen LogP contribution in [0.3, 0.4) is 0 Å². The molecule has 19 heavy (non-hydrogen) atoms. The number of ether oxygens (including phenoxy) is 1. The van der Waals surface area contributed by atoms with Gasteiger partial charge in [-0.25, -0.2) is 18.4 Å². The van der Waals surface area contributed by atoms with Crippen LogP contribution in [0.15, 0.2) is 23.2 Å². The van der Waals surface area contributed by atoms with Crippen LogP contribution in [0.1, 0.15) is 6.92 Å². The number of hydrogen-bond donors (Lipinski definition) is 2. The van der Waals surface area contributed by atoms with Gasteiger partial charge in [0.05, 0.1) is 13.2 Å². The summed E-state index contributed by atoms with van der Waals surface area (Å²) in [5, 5.41) is 4.59. The highest BCUT2D eigenvalue weighted by Gasteiger charge is 2.23. The summed E-state index contributed by atoms with van der Waals surface area (Å²) in [4.78, 5) is 6.77. The molecule has 1 saturated heterocycles. The Morgan fingerprint density at radius 2 is 2.16 bits per heavy atom. The zero-order valence-corrected chi connectivity index (χ0v) is 11.6. The second kappa shape index (κ2) is 6.29. The monoisotopic (exact) mass is 286 g/mol. The molecule has 0 amide bonds. The Balaban J connectivity index is 2.18. The maximum Gasteiger partial charge on any atom is 0.257 e.